The van der Waals surface area contributed by atoms with Gasteiger partial charge in [-0.1, -0.05) is 18.2 Å². The number of carbonyl (C=O) groups is 1. The lowest BCUT2D eigenvalue weighted by molar-refractivity contribution is -0.884. The van der Waals surface area contributed by atoms with Gasteiger partial charge in [-0.2, -0.15) is 5.10 Å². The van der Waals surface area contributed by atoms with Crippen LogP contribution in [-0.4, -0.2) is 66.8 Å². The Morgan fingerprint density at radius 2 is 1.93 bits per heavy atom. The molecular formula is C19H26N5O3+. The summed E-state index contributed by atoms with van der Waals surface area (Å²) in [7, 11) is 3.49. The van der Waals surface area contributed by atoms with Gasteiger partial charge >= 0.3 is 5.97 Å². The summed E-state index contributed by atoms with van der Waals surface area (Å²) in [5.74, 6) is -0.409. The second-order valence-electron chi connectivity index (χ2n) is 6.79. The van der Waals surface area contributed by atoms with E-state index in [2.05, 4.69) is 17.2 Å². The van der Waals surface area contributed by atoms with Crippen LogP contribution in [0.15, 0.2) is 40.2 Å². The average molecular weight is 372 g/mol. The summed E-state index contributed by atoms with van der Waals surface area (Å²) in [5, 5.41) is 9.70. The van der Waals surface area contributed by atoms with Gasteiger partial charge in [-0.25, -0.2) is 4.68 Å². The zero-order chi connectivity index (χ0) is 19.4. The molecule has 0 unspecified atom stereocenters. The van der Waals surface area contributed by atoms with Gasteiger partial charge in [-0.05, 0) is 19.1 Å². The number of piperazine rings is 1. The minimum atomic E-state index is -0.409. The maximum atomic E-state index is 13.1. The number of para-hydroxylation sites is 1. The molecule has 0 saturated carbocycles. The molecule has 0 spiro atoms. The van der Waals surface area contributed by atoms with Gasteiger partial charge in [0.05, 0.1) is 69.4 Å². The maximum Gasteiger partial charge on any atom is 0.311 e. The monoisotopic (exact) mass is 372 g/mol. The highest BCUT2D eigenvalue weighted by molar-refractivity contribution is 6.00. The SMILES string of the molecule is COC(=O)Cc1[nH]n(-c2ccccc2)c(=O)c1/C(C)=N/N1CC[NH+](C)CC1. The quantitative estimate of drug-likeness (QED) is 0.544. The minimum absolute atomic E-state index is 0.0132. The largest absolute Gasteiger partial charge is 0.469 e. The van der Waals surface area contributed by atoms with Crippen molar-refractivity contribution in [3.05, 3.63) is 51.9 Å². The molecule has 0 atom stereocenters. The van der Waals surface area contributed by atoms with Crippen LogP contribution in [0.4, 0.5) is 0 Å². The Hall–Kier alpha value is -2.87. The average Bonchev–Trinajstić information content (AvgIpc) is 3.00. The van der Waals surface area contributed by atoms with E-state index in [0.717, 1.165) is 26.2 Å². The van der Waals surface area contributed by atoms with Crippen molar-refractivity contribution in [2.75, 3.05) is 40.3 Å². The van der Waals surface area contributed by atoms with E-state index in [-0.39, 0.29) is 12.0 Å². The van der Waals surface area contributed by atoms with Gasteiger partial charge in [0.2, 0.25) is 0 Å². The summed E-state index contributed by atoms with van der Waals surface area (Å²) in [6.45, 7) is 5.51. The third-order valence-corrected chi connectivity index (χ3v) is 4.78. The number of ether oxygens (including phenoxy) is 1. The van der Waals surface area contributed by atoms with Crippen molar-refractivity contribution in [3.63, 3.8) is 0 Å². The Balaban J connectivity index is 2.00. The molecule has 8 nitrogen and oxygen atoms in total. The van der Waals surface area contributed by atoms with Crippen LogP contribution < -0.4 is 10.5 Å². The molecule has 27 heavy (non-hydrogen) atoms. The van der Waals surface area contributed by atoms with Crippen molar-refractivity contribution in [1.82, 2.24) is 14.8 Å². The second kappa shape index (κ2) is 8.22. The summed E-state index contributed by atoms with van der Waals surface area (Å²) < 4.78 is 6.23. The number of carbonyl (C=O) groups excluding carboxylic acids is 1. The number of hydrogen-bond acceptors (Lipinski definition) is 5. The van der Waals surface area contributed by atoms with Crippen molar-refractivity contribution in [2.24, 2.45) is 5.10 Å². The summed E-state index contributed by atoms with van der Waals surface area (Å²) >= 11 is 0. The number of quaternary nitrogens is 1. The molecule has 3 rings (SSSR count). The summed E-state index contributed by atoms with van der Waals surface area (Å²) in [6.07, 6.45) is -0.0132. The van der Waals surface area contributed by atoms with E-state index in [4.69, 9.17) is 4.74 Å². The molecule has 1 aliphatic heterocycles. The highest BCUT2D eigenvalue weighted by atomic mass is 16.5. The zero-order valence-corrected chi connectivity index (χ0v) is 16.0. The van der Waals surface area contributed by atoms with E-state index in [1.807, 2.05) is 42.3 Å². The highest BCUT2D eigenvalue weighted by Crippen LogP contribution is 2.11. The predicted molar refractivity (Wildman–Crippen MR) is 103 cm³/mol. The van der Waals surface area contributed by atoms with Gasteiger partial charge in [-0.15, -0.1) is 0 Å². The summed E-state index contributed by atoms with van der Waals surface area (Å²) in [6, 6.07) is 9.26. The molecule has 144 valence electrons. The fourth-order valence-electron chi connectivity index (χ4n) is 3.20. The number of methoxy groups -OCH3 is 1. The summed E-state index contributed by atoms with van der Waals surface area (Å²) in [4.78, 5) is 26.4. The number of hydrogen-bond donors (Lipinski definition) is 2. The zero-order valence-electron chi connectivity index (χ0n) is 16.0. The highest BCUT2D eigenvalue weighted by Gasteiger charge is 2.22. The summed E-state index contributed by atoms with van der Waals surface area (Å²) in [5.41, 5.74) is 2.02. The van der Waals surface area contributed by atoms with Crippen LogP contribution >= 0.6 is 0 Å². The van der Waals surface area contributed by atoms with Crippen LogP contribution in [0.5, 0.6) is 0 Å². The van der Waals surface area contributed by atoms with Gasteiger partial charge in [0.15, 0.2) is 0 Å². The lowest BCUT2D eigenvalue weighted by Crippen LogP contribution is -3.11. The van der Waals surface area contributed by atoms with Crippen LogP contribution in [-0.2, 0) is 16.0 Å². The number of benzene rings is 1. The molecule has 0 amide bonds. The number of likely N-dealkylation sites (N-methyl/N-ethyl adjacent to an activating group) is 1. The van der Waals surface area contributed by atoms with Crippen molar-refractivity contribution < 1.29 is 14.4 Å². The van der Waals surface area contributed by atoms with Crippen molar-refractivity contribution in [1.29, 1.82) is 0 Å². The van der Waals surface area contributed by atoms with Gasteiger partial charge in [0.1, 0.15) is 0 Å². The molecule has 1 saturated heterocycles. The predicted octanol–water partition coefficient (Wildman–Crippen LogP) is -0.565. The third kappa shape index (κ3) is 4.28. The van der Waals surface area contributed by atoms with E-state index in [1.165, 1.54) is 16.7 Å². The van der Waals surface area contributed by atoms with Crippen molar-refractivity contribution in [3.8, 4) is 5.69 Å². The number of nitrogens with zero attached hydrogens (tertiary/aromatic N) is 3. The Bertz CT molecular complexity index is 876. The van der Waals surface area contributed by atoms with E-state index in [1.54, 1.807) is 0 Å². The Morgan fingerprint density at radius 3 is 2.56 bits per heavy atom. The Labute approximate surface area is 158 Å². The lowest BCUT2D eigenvalue weighted by Gasteiger charge is -2.28. The third-order valence-electron chi connectivity index (χ3n) is 4.78. The molecule has 1 fully saturated rings. The van der Waals surface area contributed by atoms with Crippen LogP contribution in [0, 0.1) is 0 Å². The second-order valence-corrected chi connectivity index (χ2v) is 6.79. The first-order valence-corrected chi connectivity index (χ1v) is 9.07. The fourth-order valence-corrected chi connectivity index (χ4v) is 3.20. The van der Waals surface area contributed by atoms with E-state index >= 15 is 0 Å². The van der Waals surface area contributed by atoms with Gasteiger partial charge in [0.25, 0.3) is 5.56 Å². The lowest BCUT2D eigenvalue weighted by atomic mass is 10.1. The molecule has 0 aliphatic carbocycles. The van der Waals surface area contributed by atoms with Crippen LogP contribution in [0.2, 0.25) is 0 Å². The topological polar surface area (TPSA) is 84.1 Å². The van der Waals surface area contributed by atoms with Crippen LogP contribution in [0.25, 0.3) is 5.69 Å². The number of esters is 1. The molecule has 1 aliphatic rings. The molecule has 2 heterocycles. The Kier molecular flexibility index (Phi) is 5.75. The van der Waals surface area contributed by atoms with Crippen molar-refractivity contribution in [2.45, 2.75) is 13.3 Å². The first kappa shape index (κ1) is 18.9. The molecule has 8 heteroatoms. The van der Waals surface area contributed by atoms with Gasteiger partial charge < -0.3 is 9.64 Å². The van der Waals surface area contributed by atoms with Crippen LogP contribution in [0.1, 0.15) is 18.2 Å². The van der Waals surface area contributed by atoms with E-state index < -0.39 is 5.97 Å². The minimum Gasteiger partial charge on any atom is -0.469 e. The van der Waals surface area contributed by atoms with Gasteiger partial charge in [0, 0.05) is 0 Å². The first-order chi connectivity index (χ1) is 13.0. The number of hydrazone groups is 1. The molecule has 2 N–H and O–H groups in total. The van der Waals surface area contributed by atoms with Gasteiger partial charge in [-0.3, -0.25) is 19.7 Å². The number of H-pyrrole nitrogens is 1. The van der Waals surface area contributed by atoms with Crippen LogP contribution in [0.3, 0.4) is 0 Å². The molecule has 1 aromatic heterocycles. The van der Waals surface area contributed by atoms with Crippen molar-refractivity contribution >= 4 is 11.7 Å². The fraction of sp³-hybridized carbons (Fsp3) is 0.421. The number of aromatic amines is 1. The normalized spacial score (nSPS) is 15.8. The van der Waals surface area contributed by atoms with E-state index in [9.17, 15) is 9.59 Å². The molecular weight excluding hydrogens is 346 g/mol. The molecule has 1 aromatic carbocycles. The first-order valence-electron chi connectivity index (χ1n) is 9.07. The standard InChI is InChI=1S/C19H25N5O3/c1-14(20-23-11-9-22(2)10-12-23)18-16(13-17(25)27-3)21-24(19(18)26)15-7-5-4-6-8-15/h4-8,21H,9-13H2,1-3H3/p+1/b20-14+. The number of aromatic nitrogens is 2. The smallest absolute Gasteiger partial charge is 0.311 e. The maximum absolute atomic E-state index is 13.1. The molecule has 0 radical (unpaired) electrons. The molecule has 0 bridgehead atoms. The Morgan fingerprint density at radius 1 is 1.26 bits per heavy atom. The van der Waals surface area contributed by atoms with E-state index in [0.29, 0.717) is 22.7 Å². The molecule has 2 aromatic rings. The number of rotatable bonds is 5. The number of nitrogens with one attached hydrogen (secondary N) is 2.